The molecule has 1 heterocycles. The largest absolute Gasteiger partial charge is 0.435 e. The van der Waals surface area contributed by atoms with E-state index in [1.54, 1.807) is 0 Å². The number of nitrogens with zero attached hydrogens (tertiary/aromatic N) is 1. The SMILES string of the molecule is O=Cc1nc(Br)oc1C1CCCC1. The fourth-order valence-corrected chi connectivity index (χ4v) is 2.25. The molecule has 0 radical (unpaired) electrons. The maximum Gasteiger partial charge on any atom is 0.264 e. The highest BCUT2D eigenvalue weighted by Crippen LogP contribution is 2.36. The number of hydrogen-bond donors (Lipinski definition) is 0. The minimum Gasteiger partial charge on any atom is -0.435 e. The first kappa shape index (κ1) is 8.94. The third kappa shape index (κ3) is 1.68. The Morgan fingerprint density at radius 1 is 1.46 bits per heavy atom. The van der Waals surface area contributed by atoms with Crippen LogP contribution in [0.25, 0.3) is 0 Å². The molecule has 0 saturated heterocycles. The molecule has 1 aromatic heterocycles. The van der Waals surface area contributed by atoms with E-state index >= 15 is 0 Å². The second-order valence-electron chi connectivity index (χ2n) is 3.32. The summed E-state index contributed by atoms with van der Waals surface area (Å²) in [5.74, 6) is 1.17. The van der Waals surface area contributed by atoms with Gasteiger partial charge in [0.15, 0.2) is 6.29 Å². The van der Waals surface area contributed by atoms with Crippen LogP contribution in [0.4, 0.5) is 0 Å². The number of carbonyl (C=O) groups is 1. The fourth-order valence-electron chi connectivity index (χ4n) is 1.88. The van der Waals surface area contributed by atoms with Crippen LogP contribution in [-0.4, -0.2) is 11.3 Å². The molecule has 1 aliphatic rings. The maximum atomic E-state index is 10.7. The Hall–Kier alpha value is -0.640. The summed E-state index contributed by atoms with van der Waals surface area (Å²) in [4.78, 5) is 15.0. The van der Waals surface area contributed by atoms with Gasteiger partial charge in [-0.15, -0.1) is 0 Å². The number of rotatable bonds is 2. The third-order valence-electron chi connectivity index (χ3n) is 2.49. The first-order chi connectivity index (χ1) is 6.31. The van der Waals surface area contributed by atoms with Gasteiger partial charge in [-0.3, -0.25) is 4.79 Å². The number of aromatic nitrogens is 1. The van der Waals surface area contributed by atoms with Crippen LogP contribution in [0.2, 0.25) is 0 Å². The molecular formula is C9H10BrNO2. The lowest BCUT2D eigenvalue weighted by Crippen LogP contribution is -1.94. The van der Waals surface area contributed by atoms with Crippen molar-refractivity contribution in [3.63, 3.8) is 0 Å². The van der Waals surface area contributed by atoms with E-state index in [0.29, 0.717) is 16.4 Å². The van der Waals surface area contributed by atoms with Gasteiger partial charge in [-0.1, -0.05) is 12.8 Å². The molecule has 0 amide bonds. The lowest BCUT2D eigenvalue weighted by atomic mass is 10.0. The molecule has 2 rings (SSSR count). The predicted molar refractivity (Wildman–Crippen MR) is 50.8 cm³/mol. The minimum atomic E-state index is 0.402. The molecule has 1 saturated carbocycles. The quantitative estimate of drug-likeness (QED) is 0.751. The Morgan fingerprint density at radius 3 is 2.77 bits per heavy atom. The molecule has 0 unspecified atom stereocenters. The average molecular weight is 244 g/mol. The van der Waals surface area contributed by atoms with Crippen molar-refractivity contribution in [2.24, 2.45) is 0 Å². The summed E-state index contributed by atoms with van der Waals surface area (Å²) in [5, 5.41) is 0. The molecule has 0 aromatic carbocycles. The van der Waals surface area contributed by atoms with E-state index in [2.05, 4.69) is 20.9 Å². The Morgan fingerprint density at radius 2 is 2.15 bits per heavy atom. The molecule has 0 bridgehead atoms. The second kappa shape index (κ2) is 3.62. The summed E-state index contributed by atoms with van der Waals surface area (Å²) < 4.78 is 5.36. The normalized spacial score (nSPS) is 17.9. The second-order valence-corrected chi connectivity index (χ2v) is 3.99. The van der Waals surface area contributed by atoms with Crippen LogP contribution in [-0.2, 0) is 0 Å². The Kier molecular flexibility index (Phi) is 2.49. The van der Waals surface area contributed by atoms with E-state index in [-0.39, 0.29) is 0 Å². The zero-order chi connectivity index (χ0) is 9.26. The van der Waals surface area contributed by atoms with E-state index in [9.17, 15) is 4.79 Å². The summed E-state index contributed by atoms with van der Waals surface area (Å²) >= 11 is 3.13. The van der Waals surface area contributed by atoms with Crippen molar-refractivity contribution in [2.75, 3.05) is 0 Å². The van der Waals surface area contributed by atoms with Gasteiger partial charge < -0.3 is 4.42 Å². The molecule has 4 heteroatoms. The van der Waals surface area contributed by atoms with Crippen LogP contribution in [0.1, 0.15) is 47.8 Å². The van der Waals surface area contributed by atoms with Gasteiger partial charge in [-0.25, -0.2) is 4.98 Å². The van der Waals surface area contributed by atoms with Gasteiger partial charge >= 0.3 is 0 Å². The predicted octanol–water partition coefficient (Wildman–Crippen LogP) is 2.91. The number of carbonyl (C=O) groups excluding carboxylic acids is 1. The fraction of sp³-hybridized carbons (Fsp3) is 0.556. The Bertz CT molecular complexity index is 315. The van der Waals surface area contributed by atoms with E-state index in [1.165, 1.54) is 12.8 Å². The Labute approximate surface area is 84.7 Å². The van der Waals surface area contributed by atoms with Crippen LogP contribution >= 0.6 is 15.9 Å². The minimum absolute atomic E-state index is 0.402. The van der Waals surface area contributed by atoms with Gasteiger partial charge in [0, 0.05) is 21.8 Å². The lowest BCUT2D eigenvalue weighted by molar-refractivity contribution is 0.111. The molecule has 1 aliphatic carbocycles. The lowest BCUT2D eigenvalue weighted by Gasteiger charge is -2.03. The van der Waals surface area contributed by atoms with Crippen LogP contribution in [0.15, 0.2) is 9.22 Å². The first-order valence-corrected chi connectivity index (χ1v) is 5.22. The molecule has 0 atom stereocenters. The van der Waals surface area contributed by atoms with Gasteiger partial charge in [-0.2, -0.15) is 0 Å². The summed E-state index contributed by atoms with van der Waals surface area (Å²) in [6, 6.07) is 0. The summed E-state index contributed by atoms with van der Waals surface area (Å²) in [6.07, 6.45) is 5.44. The van der Waals surface area contributed by atoms with E-state index < -0.39 is 0 Å². The zero-order valence-electron chi connectivity index (χ0n) is 7.12. The third-order valence-corrected chi connectivity index (χ3v) is 2.83. The highest BCUT2D eigenvalue weighted by molar-refractivity contribution is 9.10. The van der Waals surface area contributed by atoms with Crippen LogP contribution in [0, 0.1) is 0 Å². The number of aldehydes is 1. The van der Waals surface area contributed by atoms with Crippen molar-refractivity contribution < 1.29 is 9.21 Å². The van der Waals surface area contributed by atoms with Crippen molar-refractivity contribution in [3.8, 4) is 0 Å². The highest BCUT2D eigenvalue weighted by atomic mass is 79.9. The first-order valence-electron chi connectivity index (χ1n) is 4.42. The number of hydrogen-bond acceptors (Lipinski definition) is 3. The molecule has 70 valence electrons. The van der Waals surface area contributed by atoms with Gasteiger partial charge in [0.2, 0.25) is 0 Å². The van der Waals surface area contributed by atoms with Gasteiger partial charge in [0.25, 0.3) is 4.80 Å². The molecule has 13 heavy (non-hydrogen) atoms. The van der Waals surface area contributed by atoms with E-state index in [4.69, 9.17) is 4.42 Å². The summed E-state index contributed by atoms with van der Waals surface area (Å²) in [5.41, 5.74) is 0.457. The van der Waals surface area contributed by atoms with E-state index in [0.717, 1.165) is 24.9 Å². The molecule has 3 nitrogen and oxygen atoms in total. The van der Waals surface area contributed by atoms with Crippen molar-refractivity contribution in [1.82, 2.24) is 4.98 Å². The van der Waals surface area contributed by atoms with Crippen molar-refractivity contribution in [3.05, 3.63) is 16.3 Å². The molecule has 0 N–H and O–H groups in total. The molecule has 1 fully saturated rings. The molecular weight excluding hydrogens is 234 g/mol. The number of halogens is 1. The average Bonchev–Trinajstić information content (AvgIpc) is 2.71. The van der Waals surface area contributed by atoms with Crippen LogP contribution in [0.5, 0.6) is 0 Å². The van der Waals surface area contributed by atoms with Gasteiger partial charge in [-0.05, 0) is 12.8 Å². The molecule has 0 aliphatic heterocycles. The van der Waals surface area contributed by atoms with Gasteiger partial charge in [0.1, 0.15) is 11.5 Å². The summed E-state index contributed by atoms with van der Waals surface area (Å²) in [7, 11) is 0. The molecule has 1 aromatic rings. The van der Waals surface area contributed by atoms with Gasteiger partial charge in [0.05, 0.1) is 0 Å². The van der Waals surface area contributed by atoms with Crippen molar-refractivity contribution in [1.29, 1.82) is 0 Å². The standard InChI is InChI=1S/C9H10BrNO2/c10-9-11-7(5-12)8(13-9)6-3-1-2-4-6/h5-6H,1-4H2. The maximum absolute atomic E-state index is 10.7. The Balaban J connectivity index is 2.31. The zero-order valence-corrected chi connectivity index (χ0v) is 8.71. The smallest absolute Gasteiger partial charge is 0.264 e. The number of oxazole rings is 1. The molecule has 0 spiro atoms. The van der Waals surface area contributed by atoms with Crippen LogP contribution in [0.3, 0.4) is 0 Å². The highest BCUT2D eigenvalue weighted by Gasteiger charge is 2.24. The van der Waals surface area contributed by atoms with Crippen molar-refractivity contribution >= 4 is 22.2 Å². The van der Waals surface area contributed by atoms with Crippen LogP contribution < -0.4 is 0 Å². The van der Waals surface area contributed by atoms with Crippen molar-refractivity contribution in [2.45, 2.75) is 31.6 Å². The monoisotopic (exact) mass is 243 g/mol. The van der Waals surface area contributed by atoms with E-state index in [1.807, 2.05) is 0 Å². The topological polar surface area (TPSA) is 43.1 Å². The summed E-state index contributed by atoms with van der Waals surface area (Å²) in [6.45, 7) is 0.